The third kappa shape index (κ3) is 5.37. The maximum absolute atomic E-state index is 12.9. The number of carbonyl (C=O) groups is 4. The van der Waals surface area contributed by atoms with Crippen molar-refractivity contribution < 1.29 is 33.8 Å². The second kappa shape index (κ2) is 10.2. The van der Waals surface area contributed by atoms with Gasteiger partial charge < -0.3 is 14.6 Å². The van der Waals surface area contributed by atoms with Crippen LogP contribution in [0.1, 0.15) is 25.0 Å². The molecule has 1 N–H and O–H groups in total. The highest BCUT2D eigenvalue weighted by atomic mass is 16.6. The summed E-state index contributed by atoms with van der Waals surface area (Å²) in [5, 5.41) is 9.31. The van der Waals surface area contributed by atoms with Crippen molar-refractivity contribution in [2.24, 2.45) is 5.92 Å². The van der Waals surface area contributed by atoms with Gasteiger partial charge in [-0.15, -0.1) is 0 Å². The lowest BCUT2D eigenvalue weighted by atomic mass is 9.94. The number of aliphatic hydroxyl groups excluding tert-OH is 1. The number of imide groups is 4. The minimum Gasteiger partial charge on any atom is -0.489 e. The standard InChI is InChI=1S/C23H24N2O7/c1-15(26)25-22(29)20(21(28)24(23(25)30)14-32-16(2)27)12-18-9-6-10-19(11-18)31-13-17-7-4-3-5-8-17/h3-11,16,20,27H,12-14H2,1-2H3. The summed E-state index contributed by atoms with van der Waals surface area (Å²) in [4.78, 5) is 51.1. The second-order valence-electron chi connectivity index (χ2n) is 7.31. The molecule has 2 aromatic carbocycles. The molecule has 2 unspecified atom stereocenters. The minimum atomic E-state index is -1.29. The van der Waals surface area contributed by atoms with Crippen LogP contribution >= 0.6 is 0 Å². The number of hydrogen-bond donors (Lipinski definition) is 1. The molecule has 0 aliphatic carbocycles. The van der Waals surface area contributed by atoms with Gasteiger partial charge in [-0.3, -0.25) is 14.4 Å². The molecular weight excluding hydrogens is 416 g/mol. The molecule has 9 nitrogen and oxygen atoms in total. The van der Waals surface area contributed by atoms with E-state index in [1.54, 1.807) is 24.3 Å². The molecule has 1 aliphatic rings. The molecule has 0 spiro atoms. The summed E-state index contributed by atoms with van der Waals surface area (Å²) in [5.41, 5.74) is 1.61. The Morgan fingerprint density at radius 1 is 1.03 bits per heavy atom. The van der Waals surface area contributed by atoms with Gasteiger partial charge in [0, 0.05) is 6.92 Å². The van der Waals surface area contributed by atoms with E-state index in [0.717, 1.165) is 12.5 Å². The van der Waals surface area contributed by atoms with E-state index in [-0.39, 0.29) is 6.42 Å². The van der Waals surface area contributed by atoms with Gasteiger partial charge in [0.2, 0.25) is 17.7 Å². The van der Waals surface area contributed by atoms with Crippen LogP contribution in [0.4, 0.5) is 4.79 Å². The smallest absolute Gasteiger partial charge is 0.342 e. The van der Waals surface area contributed by atoms with Crippen molar-refractivity contribution in [2.75, 3.05) is 6.73 Å². The van der Waals surface area contributed by atoms with E-state index in [1.807, 2.05) is 30.3 Å². The number of amides is 5. The third-order valence-electron chi connectivity index (χ3n) is 4.85. The molecule has 32 heavy (non-hydrogen) atoms. The number of rotatable bonds is 8. The molecule has 168 valence electrons. The van der Waals surface area contributed by atoms with Crippen LogP contribution in [0.2, 0.25) is 0 Å². The minimum absolute atomic E-state index is 0.0392. The van der Waals surface area contributed by atoms with Crippen LogP contribution in [0.3, 0.4) is 0 Å². The highest BCUT2D eigenvalue weighted by Gasteiger charge is 2.47. The first-order valence-electron chi connectivity index (χ1n) is 10.0. The summed E-state index contributed by atoms with van der Waals surface area (Å²) in [6.45, 7) is 2.14. The Morgan fingerprint density at radius 3 is 2.38 bits per heavy atom. The molecule has 9 heteroatoms. The van der Waals surface area contributed by atoms with E-state index in [2.05, 4.69) is 0 Å². The molecule has 1 heterocycles. The van der Waals surface area contributed by atoms with Crippen LogP contribution in [-0.2, 0) is 32.1 Å². The first-order valence-corrected chi connectivity index (χ1v) is 10.0. The van der Waals surface area contributed by atoms with Crippen LogP contribution in [0, 0.1) is 5.92 Å². The molecule has 1 aliphatic heterocycles. The van der Waals surface area contributed by atoms with Crippen molar-refractivity contribution in [1.29, 1.82) is 0 Å². The lowest BCUT2D eigenvalue weighted by Gasteiger charge is -2.35. The van der Waals surface area contributed by atoms with E-state index >= 15 is 0 Å². The van der Waals surface area contributed by atoms with Crippen LogP contribution in [0.5, 0.6) is 5.75 Å². The average Bonchev–Trinajstić information content (AvgIpc) is 2.76. The molecule has 0 bridgehead atoms. The molecule has 1 fully saturated rings. The molecule has 2 atom stereocenters. The van der Waals surface area contributed by atoms with E-state index in [4.69, 9.17) is 9.47 Å². The van der Waals surface area contributed by atoms with Gasteiger partial charge in [0.25, 0.3) is 0 Å². The van der Waals surface area contributed by atoms with Crippen molar-refractivity contribution >= 4 is 23.8 Å². The third-order valence-corrected chi connectivity index (χ3v) is 4.85. The number of barbiturate groups is 1. The Bertz CT molecular complexity index is 1010. The number of aliphatic hydroxyl groups is 1. The Balaban J connectivity index is 1.78. The zero-order valence-corrected chi connectivity index (χ0v) is 17.8. The summed E-state index contributed by atoms with van der Waals surface area (Å²) in [6, 6.07) is 15.4. The summed E-state index contributed by atoms with van der Waals surface area (Å²) in [7, 11) is 0. The van der Waals surface area contributed by atoms with Gasteiger partial charge in [0.05, 0.1) is 0 Å². The molecule has 0 aromatic heterocycles. The van der Waals surface area contributed by atoms with Crippen molar-refractivity contribution in [3.63, 3.8) is 0 Å². The fourth-order valence-corrected chi connectivity index (χ4v) is 3.26. The molecule has 5 amide bonds. The van der Waals surface area contributed by atoms with Crippen LogP contribution < -0.4 is 4.74 Å². The average molecular weight is 440 g/mol. The number of urea groups is 1. The fraction of sp³-hybridized carbons (Fsp3) is 0.304. The van der Waals surface area contributed by atoms with Crippen LogP contribution in [0.15, 0.2) is 54.6 Å². The summed E-state index contributed by atoms with van der Waals surface area (Å²) < 4.78 is 10.7. The van der Waals surface area contributed by atoms with Crippen molar-refractivity contribution in [3.05, 3.63) is 65.7 Å². The predicted molar refractivity (Wildman–Crippen MR) is 112 cm³/mol. The highest BCUT2D eigenvalue weighted by Crippen LogP contribution is 2.24. The largest absolute Gasteiger partial charge is 0.489 e. The summed E-state index contributed by atoms with van der Waals surface area (Å²) in [6.07, 6.45) is -1.28. The molecule has 0 saturated carbocycles. The highest BCUT2D eigenvalue weighted by molar-refractivity contribution is 6.22. The number of carbonyl (C=O) groups excluding carboxylic acids is 4. The number of ether oxygens (including phenoxy) is 2. The quantitative estimate of drug-likeness (QED) is 0.494. The normalized spacial score (nSPS) is 17.5. The Hall–Kier alpha value is -3.56. The first-order chi connectivity index (χ1) is 15.3. The van der Waals surface area contributed by atoms with Gasteiger partial charge in [0.1, 0.15) is 25.0 Å². The van der Waals surface area contributed by atoms with E-state index in [1.165, 1.54) is 6.92 Å². The van der Waals surface area contributed by atoms with E-state index < -0.39 is 42.7 Å². The summed E-state index contributed by atoms with van der Waals surface area (Å²) in [5.74, 6) is -3.24. The number of nitrogens with zero attached hydrogens (tertiary/aromatic N) is 2. The van der Waals surface area contributed by atoms with Gasteiger partial charge in [0.15, 0.2) is 6.29 Å². The van der Waals surface area contributed by atoms with Crippen LogP contribution in [0.25, 0.3) is 0 Å². The molecule has 3 rings (SSSR count). The molecular formula is C23H24N2O7. The van der Waals surface area contributed by atoms with Crippen molar-refractivity contribution in [2.45, 2.75) is 33.2 Å². The molecule has 0 radical (unpaired) electrons. The zero-order chi connectivity index (χ0) is 23.3. The number of benzene rings is 2. The van der Waals surface area contributed by atoms with Gasteiger partial charge in [-0.2, -0.15) is 4.90 Å². The SMILES string of the molecule is CC(=O)N1C(=O)C(Cc2cccc(OCc3ccccc3)c2)C(=O)N(COC(C)O)C1=O. The lowest BCUT2D eigenvalue weighted by Crippen LogP contribution is -2.61. The van der Waals surface area contributed by atoms with Gasteiger partial charge in [-0.25, -0.2) is 9.69 Å². The van der Waals surface area contributed by atoms with Crippen molar-refractivity contribution in [3.8, 4) is 5.75 Å². The Kier molecular flexibility index (Phi) is 7.34. The first kappa shape index (κ1) is 23.1. The topological polar surface area (TPSA) is 113 Å². The van der Waals surface area contributed by atoms with Gasteiger partial charge >= 0.3 is 6.03 Å². The van der Waals surface area contributed by atoms with Crippen molar-refractivity contribution in [1.82, 2.24) is 9.80 Å². The second-order valence-corrected chi connectivity index (χ2v) is 7.31. The van der Waals surface area contributed by atoms with Gasteiger partial charge in [-0.1, -0.05) is 42.5 Å². The van der Waals surface area contributed by atoms with E-state index in [9.17, 15) is 24.3 Å². The summed E-state index contributed by atoms with van der Waals surface area (Å²) >= 11 is 0. The molecule has 2 aromatic rings. The fourth-order valence-electron chi connectivity index (χ4n) is 3.26. The number of hydrogen-bond acceptors (Lipinski definition) is 7. The maximum Gasteiger partial charge on any atom is 0.342 e. The van der Waals surface area contributed by atoms with Crippen LogP contribution in [-0.4, -0.2) is 51.7 Å². The van der Waals surface area contributed by atoms with E-state index in [0.29, 0.717) is 27.7 Å². The maximum atomic E-state index is 12.9. The zero-order valence-electron chi connectivity index (χ0n) is 17.8. The monoisotopic (exact) mass is 440 g/mol. The van der Waals surface area contributed by atoms with Gasteiger partial charge in [-0.05, 0) is 36.6 Å². The molecule has 1 saturated heterocycles. The lowest BCUT2D eigenvalue weighted by molar-refractivity contribution is -0.162. The predicted octanol–water partition coefficient (Wildman–Crippen LogP) is 2.07. The Labute approximate surface area is 185 Å². The Morgan fingerprint density at radius 2 is 1.72 bits per heavy atom.